The molecule has 7 heteroatoms. The topological polar surface area (TPSA) is 42.0 Å². The van der Waals surface area contributed by atoms with E-state index < -0.39 is 11.7 Å². The number of rotatable bonds is 4. The van der Waals surface area contributed by atoms with Gasteiger partial charge in [0.1, 0.15) is 5.15 Å². The molecule has 0 radical (unpaired) electrons. The molecule has 22 heavy (non-hydrogen) atoms. The van der Waals surface area contributed by atoms with Crippen molar-refractivity contribution in [1.82, 2.24) is 10.3 Å². The van der Waals surface area contributed by atoms with Gasteiger partial charge in [-0.15, -0.1) is 0 Å². The van der Waals surface area contributed by atoms with Crippen LogP contribution in [0.25, 0.3) is 0 Å². The SMILES string of the molecule is O=C(NCCc1ccc(C(F)(F)F)cc1)c1ccnc(Cl)c1. The van der Waals surface area contributed by atoms with Crippen molar-refractivity contribution in [3.63, 3.8) is 0 Å². The van der Waals surface area contributed by atoms with Crippen molar-refractivity contribution in [1.29, 1.82) is 0 Å². The monoisotopic (exact) mass is 328 g/mol. The molecule has 0 aliphatic heterocycles. The van der Waals surface area contributed by atoms with Gasteiger partial charge < -0.3 is 5.32 Å². The van der Waals surface area contributed by atoms with E-state index in [4.69, 9.17) is 11.6 Å². The average Bonchev–Trinajstić information content (AvgIpc) is 2.47. The highest BCUT2D eigenvalue weighted by atomic mass is 35.5. The molecule has 2 rings (SSSR count). The summed E-state index contributed by atoms with van der Waals surface area (Å²) in [5.41, 5.74) is 0.403. The first-order valence-corrected chi connectivity index (χ1v) is 6.80. The van der Waals surface area contributed by atoms with Gasteiger partial charge in [0.25, 0.3) is 5.91 Å². The normalized spacial score (nSPS) is 11.3. The number of amides is 1. The van der Waals surface area contributed by atoms with Gasteiger partial charge in [-0.3, -0.25) is 4.79 Å². The second-order valence-corrected chi connectivity index (χ2v) is 4.96. The van der Waals surface area contributed by atoms with Gasteiger partial charge in [-0.2, -0.15) is 13.2 Å². The van der Waals surface area contributed by atoms with Gasteiger partial charge in [-0.25, -0.2) is 4.98 Å². The third-order valence-electron chi connectivity index (χ3n) is 2.97. The molecule has 0 aliphatic carbocycles. The summed E-state index contributed by atoms with van der Waals surface area (Å²) in [4.78, 5) is 15.6. The Morgan fingerprint density at radius 3 is 2.45 bits per heavy atom. The van der Waals surface area contributed by atoms with E-state index in [0.29, 0.717) is 24.1 Å². The number of nitrogens with zero attached hydrogens (tertiary/aromatic N) is 1. The Morgan fingerprint density at radius 1 is 1.18 bits per heavy atom. The van der Waals surface area contributed by atoms with E-state index in [2.05, 4.69) is 10.3 Å². The highest BCUT2D eigenvalue weighted by Crippen LogP contribution is 2.29. The lowest BCUT2D eigenvalue weighted by atomic mass is 10.1. The van der Waals surface area contributed by atoms with Crippen LogP contribution >= 0.6 is 11.6 Å². The van der Waals surface area contributed by atoms with Crippen molar-refractivity contribution < 1.29 is 18.0 Å². The first-order chi connectivity index (χ1) is 10.4. The minimum atomic E-state index is -4.34. The van der Waals surface area contributed by atoms with Crippen molar-refractivity contribution in [2.75, 3.05) is 6.54 Å². The Balaban J connectivity index is 1.87. The third-order valence-corrected chi connectivity index (χ3v) is 3.18. The number of alkyl halides is 3. The number of pyridine rings is 1. The van der Waals surface area contributed by atoms with Crippen LogP contribution in [0.5, 0.6) is 0 Å². The van der Waals surface area contributed by atoms with Gasteiger partial charge in [0.05, 0.1) is 5.56 Å². The summed E-state index contributed by atoms with van der Waals surface area (Å²) >= 11 is 5.69. The van der Waals surface area contributed by atoms with E-state index in [-0.39, 0.29) is 11.1 Å². The number of aromatic nitrogens is 1. The van der Waals surface area contributed by atoms with Gasteiger partial charge in [0.15, 0.2) is 0 Å². The molecule has 0 aliphatic rings. The highest BCUT2D eigenvalue weighted by Gasteiger charge is 2.29. The molecule has 0 unspecified atom stereocenters. The molecule has 0 bridgehead atoms. The molecule has 1 N–H and O–H groups in total. The molecule has 1 heterocycles. The fourth-order valence-electron chi connectivity index (χ4n) is 1.83. The van der Waals surface area contributed by atoms with E-state index in [1.54, 1.807) is 0 Å². The van der Waals surface area contributed by atoms with Gasteiger partial charge in [0, 0.05) is 18.3 Å². The number of benzene rings is 1. The maximum absolute atomic E-state index is 12.4. The minimum Gasteiger partial charge on any atom is -0.352 e. The molecule has 2 aromatic rings. The quantitative estimate of drug-likeness (QED) is 0.869. The van der Waals surface area contributed by atoms with Crippen LogP contribution in [0.3, 0.4) is 0 Å². The standard InChI is InChI=1S/C15H12ClF3N2O/c16-13-9-11(6-8-20-13)14(22)21-7-5-10-1-3-12(4-2-10)15(17,18)19/h1-4,6,8-9H,5,7H2,(H,21,22). The van der Waals surface area contributed by atoms with E-state index in [0.717, 1.165) is 12.1 Å². The fraction of sp³-hybridized carbons (Fsp3) is 0.200. The van der Waals surface area contributed by atoms with Crippen molar-refractivity contribution in [2.45, 2.75) is 12.6 Å². The Bertz CT molecular complexity index is 657. The van der Waals surface area contributed by atoms with Gasteiger partial charge in [-0.1, -0.05) is 23.7 Å². The third kappa shape index (κ3) is 4.46. The van der Waals surface area contributed by atoms with Crippen LogP contribution in [-0.2, 0) is 12.6 Å². The first kappa shape index (κ1) is 16.3. The number of nitrogens with one attached hydrogen (secondary N) is 1. The van der Waals surface area contributed by atoms with Gasteiger partial charge in [-0.05, 0) is 36.2 Å². The molecule has 0 atom stereocenters. The Morgan fingerprint density at radius 2 is 1.86 bits per heavy atom. The van der Waals surface area contributed by atoms with Crippen LogP contribution in [0.4, 0.5) is 13.2 Å². The lowest BCUT2D eigenvalue weighted by molar-refractivity contribution is -0.137. The number of carbonyl (C=O) groups is 1. The maximum atomic E-state index is 12.4. The van der Waals surface area contributed by atoms with Crippen molar-refractivity contribution >= 4 is 17.5 Å². The van der Waals surface area contributed by atoms with Crippen molar-refractivity contribution in [3.8, 4) is 0 Å². The number of halogens is 4. The first-order valence-electron chi connectivity index (χ1n) is 6.42. The molecule has 1 amide bonds. The zero-order valence-corrected chi connectivity index (χ0v) is 12.1. The molecular weight excluding hydrogens is 317 g/mol. The summed E-state index contributed by atoms with van der Waals surface area (Å²) in [6, 6.07) is 7.82. The maximum Gasteiger partial charge on any atom is 0.416 e. The predicted octanol–water partition coefficient (Wildman–Crippen LogP) is 3.73. The molecule has 3 nitrogen and oxygen atoms in total. The lowest BCUT2D eigenvalue weighted by Crippen LogP contribution is -2.25. The second-order valence-electron chi connectivity index (χ2n) is 4.57. The van der Waals surface area contributed by atoms with Crippen molar-refractivity contribution in [3.05, 3.63) is 64.4 Å². The van der Waals surface area contributed by atoms with E-state index >= 15 is 0 Å². The van der Waals surface area contributed by atoms with Crippen LogP contribution in [0.15, 0.2) is 42.6 Å². The van der Waals surface area contributed by atoms with Crippen LogP contribution in [0.2, 0.25) is 5.15 Å². The lowest BCUT2D eigenvalue weighted by Gasteiger charge is -2.08. The molecular formula is C15H12ClF3N2O. The van der Waals surface area contributed by atoms with E-state index in [1.807, 2.05) is 0 Å². The fourth-order valence-corrected chi connectivity index (χ4v) is 2.00. The number of hydrogen-bond donors (Lipinski definition) is 1. The van der Waals surface area contributed by atoms with Crippen LogP contribution in [0, 0.1) is 0 Å². The van der Waals surface area contributed by atoms with Crippen LogP contribution < -0.4 is 5.32 Å². The molecule has 1 aromatic carbocycles. The second kappa shape index (κ2) is 6.79. The molecule has 1 aromatic heterocycles. The van der Waals surface area contributed by atoms with Crippen LogP contribution in [0.1, 0.15) is 21.5 Å². The van der Waals surface area contributed by atoms with Gasteiger partial charge >= 0.3 is 6.18 Å². The van der Waals surface area contributed by atoms with E-state index in [1.165, 1.54) is 30.5 Å². The number of carbonyl (C=O) groups excluding carboxylic acids is 1. The summed E-state index contributed by atoms with van der Waals surface area (Å²) < 4.78 is 37.3. The summed E-state index contributed by atoms with van der Waals surface area (Å²) in [6.45, 7) is 0.310. The highest BCUT2D eigenvalue weighted by molar-refractivity contribution is 6.29. The zero-order chi connectivity index (χ0) is 16.2. The van der Waals surface area contributed by atoms with Crippen LogP contribution in [-0.4, -0.2) is 17.4 Å². The molecule has 0 fully saturated rings. The van der Waals surface area contributed by atoms with Crippen molar-refractivity contribution in [2.24, 2.45) is 0 Å². The number of hydrogen-bond acceptors (Lipinski definition) is 2. The Hall–Kier alpha value is -2.08. The summed E-state index contributed by atoms with van der Waals surface area (Å²) in [6.07, 6.45) is -2.48. The van der Waals surface area contributed by atoms with Gasteiger partial charge in [0.2, 0.25) is 0 Å². The largest absolute Gasteiger partial charge is 0.416 e. The smallest absolute Gasteiger partial charge is 0.352 e. The van der Waals surface area contributed by atoms with E-state index in [9.17, 15) is 18.0 Å². The summed E-state index contributed by atoms with van der Waals surface area (Å²) in [7, 11) is 0. The Labute approximate surface area is 130 Å². The molecule has 0 saturated carbocycles. The zero-order valence-electron chi connectivity index (χ0n) is 11.3. The minimum absolute atomic E-state index is 0.218. The Kier molecular flexibility index (Phi) is 5.03. The molecule has 0 saturated heterocycles. The average molecular weight is 329 g/mol. The summed E-state index contributed by atoms with van der Waals surface area (Å²) in [5, 5.41) is 2.89. The summed E-state index contributed by atoms with van der Waals surface area (Å²) in [5.74, 6) is -0.309. The molecule has 0 spiro atoms. The predicted molar refractivity (Wildman–Crippen MR) is 76.7 cm³/mol. The molecule has 116 valence electrons.